The van der Waals surface area contributed by atoms with Gasteiger partial charge in [0.1, 0.15) is 5.75 Å². The van der Waals surface area contributed by atoms with E-state index in [9.17, 15) is 19.5 Å². The molecule has 26 heavy (non-hydrogen) atoms. The van der Waals surface area contributed by atoms with Crippen LogP contribution in [-0.4, -0.2) is 60.1 Å². The maximum atomic E-state index is 12.2. The van der Waals surface area contributed by atoms with Gasteiger partial charge in [-0.15, -0.1) is 0 Å². The minimum Gasteiger partial charge on any atom is -0.483 e. The summed E-state index contributed by atoms with van der Waals surface area (Å²) in [4.78, 5) is 37.2. The van der Waals surface area contributed by atoms with Crippen molar-refractivity contribution in [3.05, 3.63) is 29.8 Å². The third-order valence-corrected chi connectivity index (χ3v) is 4.59. The molecule has 1 saturated carbocycles. The largest absolute Gasteiger partial charge is 0.483 e. The number of aliphatic hydroxyl groups is 1. The fourth-order valence-corrected chi connectivity index (χ4v) is 3.03. The first kappa shape index (κ1) is 19.7. The predicted molar refractivity (Wildman–Crippen MR) is 94.4 cm³/mol. The zero-order chi connectivity index (χ0) is 19.3. The zero-order valence-electron chi connectivity index (χ0n) is 15.0. The van der Waals surface area contributed by atoms with E-state index in [0.717, 1.165) is 0 Å². The number of nitrogens with one attached hydrogen (secondary N) is 1. The van der Waals surface area contributed by atoms with Gasteiger partial charge in [-0.3, -0.25) is 14.4 Å². The number of amides is 3. The number of hydrogen-bond donors (Lipinski definition) is 3. The van der Waals surface area contributed by atoms with Crippen LogP contribution >= 0.6 is 0 Å². The van der Waals surface area contributed by atoms with Crippen molar-refractivity contribution in [2.75, 3.05) is 20.2 Å². The number of carbonyl (C=O) groups is 3. The van der Waals surface area contributed by atoms with Gasteiger partial charge in [0.05, 0.1) is 17.7 Å². The molecule has 0 radical (unpaired) electrons. The Hall–Kier alpha value is -2.61. The zero-order valence-corrected chi connectivity index (χ0v) is 15.0. The quantitative estimate of drug-likeness (QED) is 0.624. The first-order chi connectivity index (χ1) is 12.3. The fourth-order valence-electron chi connectivity index (χ4n) is 3.03. The molecule has 1 aromatic rings. The van der Waals surface area contributed by atoms with Gasteiger partial charge < -0.3 is 25.8 Å². The van der Waals surface area contributed by atoms with E-state index in [2.05, 4.69) is 5.32 Å². The second kappa shape index (κ2) is 8.66. The highest BCUT2D eigenvalue weighted by Gasteiger charge is 2.38. The van der Waals surface area contributed by atoms with Crippen molar-refractivity contribution in [2.45, 2.75) is 31.9 Å². The van der Waals surface area contributed by atoms with Crippen LogP contribution in [0.15, 0.2) is 24.3 Å². The molecule has 0 spiro atoms. The van der Waals surface area contributed by atoms with E-state index in [4.69, 9.17) is 10.5 Å². The Morgan fingerprint density at radius 3 is 2.65 bits per heavy atom. The molecule has 1 fully saturated rings. The van der Waals surface area contributed by atoms with Crippen molar-refractivity contribution in [2.24, 2.45) is 11.7 Å². The average Bonchev–Trinajstić information content (AvgIpc) is 2.99. The van der Waals surface area contributed by atoms with Crippen LogP contribution in [0.3, 0.4) is 0 Å². The highest BCUT2D eigenvalue weighted by atomic mass is 16.5. The SMILES string of the molecule is CCN(C)C(=O)[C@@H]1C[C@@H](O)[C@H](NC(=O)COc2ccccc2C(N)=O)C1. The van der Waals surface area contributed by atoms with Crippen molar-refractivity contribution >= 4 is 17.7 Å². The van der Waals surface area contributed by atoms with Gasteiger partial charge in [0.2, 0.25) is 5.91 Å². The third kappa shape index (κ3) is 4.72. The van der Waals surface area contributed by atoms with Gasteiger partial charge in [-0.1, -0.05) is 12.1 Å². The molecule has 8 heteroatoms. The van der Waals surface area contributed by atoms with Crippen molar-refractivity contribution in [1.82, 2.24) is 10.2 Å². The topological polar surface area (TPSA) is 122 Å². The van der Waals surface area contributed by atoms with E-state index in [1.165, 1.54) is 6.07 Å². The Labute approximate surface area is 152 Å². The lowest BCUT2D eigenvalue weighted by atomic mass is 10.1. The lowest BCUT2D eigenvalue weighted by molar-refractivity contribution is -0.134. The molecule has 0 aromatic heterocycles. The van der Waals surface area contributed by atoms with E-state index in [1.807, 2.05) is 6.92 Å². The second-order valence-corrected chi connectivity index (χ2v) is 6.41. The fraction of sp³-hybridized carbons (Fsp3) is 0.500. The first-order valence-electron chi connectivity index (χ1n) is 8.57. The molecule has 0 saturated heterocycles. The smallest absolute Gasteiger partial charge is 0.258 e. The molecule has 1 aromatic carbocycles. The van der Waals surface area contributed by atoms with Crippen LogP contribution in [0.1, 0.15) is 30.1 Å². The normalized spacial score (nSPS) is 21.9. The number of primary amides is 1. The number of hydrogen-bond acceptors (Lipinski definition) is 5. The lowest BCUT2D eigenvalue weighted by Gasteiger charge is -2.19. The van der Waals surface area contributed by atoms with Crippen LogP contribution in [0.2, 0.25) is 0 Å². The molecule has 3 atom stereocenters. The summed E-state index contributed by atoms with van der Waals surface area (Å²) in [5.41, 5.74) is 5.45. The van der Waals surface area contributed by atoms with Crippen molar-refractivity contribution < 1.29 is 24.2 Å². The van der Waals surface area contributed by atoms with Crippen molar-refractivity contribution in [3.8, 4) is 5.75 Å². The van der Waals surface area contributed by atoms with Crippen LogP contribution in [0.5, 0.6) is 5.75 Å². The average molecular weight is 363 g/mol. The van der Waals surface area contributed by atoms with E-state index in [-0.39, 0.29) is 29.7 Å². The molecule has 3 amide bonds. The Morgan fingerprint density at radius 2 is 2.00 bits per heavy atom. The molecule has 0 unspecified atom stereocenters. The number of ether oxygens (including phenoxy) is 1. The molecule has 8 nitrogen and oxygen atoms in total. The van der Waals surface area contributed by atoms with Gasteiger partial charge in [-0.05, 0) is 31.9 Å². The number of nitrogens with zero attached hydrogens (tertiary/aromatic N) is 1. The molecule has 2 rings (SSSR count). The van der Waals surface area contributed by atoms with Crippen molar-refractivity contribution in [3.63, 3.8) is 0 Å². The summed E-state index contributed by atoms with van der Waals surface area (Å²) < 4.78 is 5.37. The monoisotopic (exact) mass is 363 g/mol. The van der Waals surface area contributed by atoms with Gasteiger partial charge in [0.25, 0.3) is 11.8 Å². The van der Waals surface area contributed by atoms with Crippen molar-refractivity contribution in [1.29, 1.82) is 0 Å². The summed E-state index contributed by atoms with van der Waals surface area (Å²) in [5, 5.41) is 12.8. The minimum atomic E-state index is -0.781. The van der Waals surface area contributed by atoms with E-state index >= 15 is 0 Å². The Balaban J connectivity index is 1.88. The standard InChI is InChI=1S/C18H25N3O5/c1-3-21(2)18(25)11-8-13(14(22)9-11)20-16(23)10-26-15-7-5-4-6-12(15)17(19)24/h4-7,11,13-14,22H,3,8-10H2,1-2H3,(H2,19,24)(H,20,23)/t11-,13+,14+/m0/s1. The van der Waals surface area contributed by atoms with Gasteiger partial charge in [-0.2, -0.15) is 0 Å². The summed E-state index contributed by atoms with van der Waals surface area (Å²) >= 11 is 0. The molecule has 1 aliphatic rings. The molecule has 4 N–H and O–H groups in total. The third-order valence-electron chi connectivity index (χ3n) is 4.59. The molecular formula is C18H25N3O5. The lowest BCUT2D eigenvalue weighted by Crippen LogP contribution is -2.42. The summed E-state index contributed by atoms with van der Waals surface area (Å²) in [6.07, 6.45) is -0.0796. The summed E-state index contributed by atoms with van der Waals surface area (Å²) in [7, 11) is 1.71. The van der Waals surface area contributed by atoms with E-state index in [0.29, 0.717) is 19.4 Å². The van der Waals surface area contributed by atoms with Crippen LogP contribution < -0.4 is 15.8 Å². The Bertz CT molecular complexity index is 679. The number of benzene rings is 1. The van der Waals surface area contributed by atoms with E-state index < -0.39 is 24.0 Å². The number of aliphatic hydroxyl groups excluding tert-OH is 1. The van der Waals surface area contributed by atoms with Gasteiger partial charge in [0, 0.05) is 19.5 Å². The molecule has 1 aliphatic carbocycles. The maximum Gasteiger partial charge on any atom is 0.258 e. The molecular weight excluding hydrogens is 338 g/mol. The number of para-hydroxylation sites is 1. The first-order valence-corrected chi connectivity index (χ1v) is 8.57. The molecule has 0 aliphatic heterocycles. The van der Waals surface area contributed by atoms with Gasteiger partial charge >= 0.3 is 0 Å². The van der Waals surface area contributed by atoms with Gasteiger partial charge in [0.15, 0.2) is 6.61 Å². The highest BCUT2D eigenvalue weighted by molar-refractivity contribution is 5.95. The molecule has 0 heterocycles. The summed E-state index contributed by atoms with van der Waals surface area (Å²) in [5.74, 6) is -1.20. The maximum absolute atomic E-state index is 12.2. The van der Waals surface area contributed by atoms with Gasteiger partial charge in [-0.25, -0.2) is 0 Å². The van der Waals surface area contributed by atoms with Crippen LogP contribution in [0, 0.1) is 5.92 Å². The summed E-state index contributed by atoms with van der Waals surface area (Å²) in [6, 6.07) is 5.87. The summed E-state index contributed by atoms with van der Waals surface area (Å²) in [6.45, 7) is 2.15. The van der Waals surface area contributed by atoms with Crippen LogP contribution in [0.25, 0.3) is 0 Å². The molecule has 142 valence electrons. The predicted octanol–water partition coefficient (Wildman–Crippen LogP) is -0.102. The van der Waals surface area contributed by atoms with Crippen LogP contribution in [-0.2, 0) is 9.59 Å². The van der Waals surface area contributed by atoms with Crippen LogP contribution in [0.4, 0.5) is 0 Å². The van der Waals surface area contributed by atoms with E-state index in [1.54, 1.807) is 30.1 Å². The highest BCUT2D eigenvalue weighted by Crippen LogP contribution is 2.27. The number of nitrogens with two attached hydrogens (primary N) is 1. The minimum absolute atomic E-state index is 0.0325. The Kier molecular flexibility index (Phi) is 6.57. The second-order valence-electron chi connectivity index (χ2n) is 6.41. The number of rotatable bonds is 7. The number of carbonyl (C=O) groups excluding carboxylic acids is 3. The molecule has 0 bridgehead atoms. The Morgan fingerprint density at radius 1 is 1.31 bits per heavy atom.